The Bertz CT molecular complexity index is 609. The topological polar surface area (TPSA) is 33.2 Å². The Morgan fingerprint density at radius 1 is 1.42 bits per heavy atom. The van der Waals surface area contributed by atoms with Crippen molar-refractivity contribution in [3.8, 4) is 0 Å². The number of aryl methyl sites for hydroxylation is 2. The smallest absolute Gasteiger partial charge is 0.255 e. The van der Waals surface area contributed by atoms with Crippen molar-refractivity contribution in [1.29, 1.82) is 0 Å². The quantitative estimate of drug-likeness (QED) is 0.852. The molecule has 2 aromatic rings. The molecule has 0 spiro atoms. The second kappa shape index (κ2) is 5.84. The van der Waals surface area contributed by atoms with Crippen molar-refractivity contribution in [1.82, 2.24) is 9.88 Å². The minimum absolute atomic E-state index is 0.00229. The van der Waals surface area contributed by atoms with Gasteiger partial charge < -0.3 is 4.90 Å². The summed E-state index contributed by atoms with van der Waals surface area (Å²) in [4.78, 5) is 18.4. The molecule has 100 valence electrons. The summed E-state index contributed by atoms with van der Waals surface area (Å²) in [6.07, 6.45) is 0. The summed E-state index contributed by atoms with van der Waals surface area (Å²) < 4.78 is 0.832. The zero-order valence-electron chi connectivity index (χ0n) is 11.1. The Morgan fingerprint density at radius 2 is 2.16 bits per heavy atom. The van der Waals surface area contributed by atoms with E-state index in [2.05, 4.69) is 20.9 Å². The zero-order chi connectivity index (χ0) is 14.0. The average molecular weight is 339 g/mol. The van der Waals surface area contributed by atoms with Gasteiger partial charge in [0.1, 0.15) is 0 Å². The van der Waals surface area contributed by atoms with E-state index in [1.165, 1.54) is 0 Å². The van der Waals surface area contributed by atoms with Gasteiger partial charge >= 0.3 is 0 Å². The van der Waals surface area contributed by atoms with Gasteiger partial charge in [0, 0.05) is 16.9 Å². The molecule has 0 atom stereocenters. The predicted octanol–water partition coefficient (Wildman–Crippen LogP) is 3.79. The Labute approximate surface area is 125 Å². The van der Waals surface area contributed by atoms with Gasteiger partial charge in [-0.3, -0.25) is 4.79 Å². The first kappa shape index (κ1) is 14.2. The van der Waals surface area contributed by atoms with E-state index in [0.717, 1.165) is 20.7 Å². The van der Waals surface area contributed by atoms with Crippen LogP contribution < -0.4 is 0 Å². The molecule has 1 amide bonds. The van der Waals surface area contributed by atoms with E-state index in [4.69, 9.17) is 0 Å². The molecule has 0 aliphatic carbocycles. The lowest BCUT2D eigenvalue weighted by Crippen LogP contribution is -2.26. The summed E-state index contributed by atoms with van der Waals surface area (Å²) in [6, 6.07) is 5.75. The van der Waals surface area contributed by atoms with Crippen LogP contribution in [-0.4, -0.2) is 22.8 Å². The SMILES string of the molecule is Cc1ccc(C(=O)N(C)Cc2csc(C)n2)c(Br)c1. The molecule has 1 heterocycles. The van der Waals surface area contributed by atoms with Gasteiger partial charge in [0.2, 0.25) is 0 Å². The van der Waals surface area contributed by atoms with Crippen molar-refractivity contribution in [2.24, 2.45) is 0 Å². The second-order valence-electron chi connectivity index (χ2n) is 4.50. The lowest BCUT2D eigenvalue weighted by Gasteiger charge is -2.17. The van der Waals surface area contributed by atoms with Crippen LogP contribution in [-0.2, 0) is 6.54 Å². The fourth-order valence-electron chi connectivity index (χ4n) is 1.79. The van der Waals surface area contributed by atoms with Crippen LogP contribution in [0.5, 0.6) is 0 Å². The van der Waals surface area contributed by atoms with Crippen molar-refractivity contribution < 1.29 is 4.79 Å². The highest BCUT2D eigenvalue weighted by Crippen LogP contribution is 2.20. The molecule has 19 heavy (non-hydrogen) atoms. The highest BCUT2D eigenvalue weighted by molar-refractivity contribution is 9.10. The molecule has 0 aliphatic rings. The van der Waals surface area contributed by atoms with Crippen LogP contribution in [0.4, 0.5) is 0 Å². The predicted molar refractivity (Wildman–Crippen MR) is 81.5 cm³/mol. The fraction of sp³-hybridized carbons (Fsp3) is 0.286. The van der Waals surface area contributed by atoms with Crippen molar-refractivity contribution in [2.45, 2.75) is 20.4 Å². The molecule has 0 bridgehead atoms. The lowest BCUT2D eigenvalue weighted by atomic mass is 10.1. The van der Waals surface area contributed by atoms with Gasteiger partial charge in [-0.2, -0.15) is 0 Å². The van der Waals surface area contributed by atoms with E-state index < -0.39 is 0 Å². The standard InChI is InChI=1S/C14H15BrN2OS/c1-9-4-5-12(13(15)6-9)14(18)17(3)7-11-8-19-10(2)16-11/h4-6,8H,7H2,1-3H3. The molecule has 0 saturated carbocycles. The monoisotopic (exact) mass is 338 g/mol. The van der Waals surface area contributed by atoms with E-state index in [0.29, 0.717) is 12.1 Å². The zero-order valence-corrected chi connectivity index (χ0v) is 13.5. The normalized spacial score (nSPS) is 10.5. The van der Waals surface area contributed by atoms with Gasteiger partial charge in [-0.15, -0.1) is 11.3 Å². The van der Waals surface area contributed by atoms with Crippen molar-refractivity contribution in [3.63, 3.8) is 0 Å². The molecule has 0 radical (unpaired) electrons. The molecule has 0 aliphatic heterocycles. The van der Waals surface area contributed by atoms with Crippen LogP contribution >= 0.6 is 27.3 Å². The lowest BCUT2D eigenvalue weighted by molar-refractivity contribution is 0.0782. The number of amides is 1. The number of carbonyl (C=O) groups excluding carboxylic acids is 1. The third kappa shape index (κ3) is 3.42. The van der Waals surface area contributed by atoms with Crippen LogP contribution in [0.15, 0.2) is 28.1 Å². The Hall–Kier alpha value is -1.20. The molecular formula is C14H15BrN2OS. The number of halogens is 1. The number of thiazole rings is 1. The largest absolute Gasteiger partial charge is 0.336 e. The summed E-state index contributed by atoms with van der Waals surface area (Å²) >= 11 is 5.05. The Kier molecular flexibility index (Phi) is 4.37. The maximum absolute atomic E-state index is 12.4. The van der Waals surface area contributed by atoms with E-state index in [9.17, 15) is 4.79 Å². The molecule has 3 nitrogen and oxygen atoms in total. The highest BCUT2D eigenvalue weighted by Gasteiger charge is 2.15. The van der Waals surface area contributed by atoms with Crippen LogP contribution in [0.2, 0.25) is 0 Å². The minimum Gasteiger partial charge on any atom is -0.336 e. The first-order chi connectivity index (χ1) is 8.97. The first-order valence-electron chi connectivity index (χ1n) is 5.90. The number of rotatable bonds is 3. The van der Waals surface area contributed by atoms with E-state index >= 15 is 0 Å². The molecule has 2 rings (SSSR count). The minimum atomic E-state index is -0.00229. The van der Waals surface area contributed by atoms with E-state index in [-0.39, 0.29) is 5.91 Å². The number of aromatic nitrogens is 1. The second-order valence-corrected chi connectivity index (χ2v) is 6.42. The van der Waals surface area contributed by atoms with Crippen LogP contribution in [0.1, 0.15) is 26.6 Å². The van der Waals surface area contributed by atoms with Gasteiger partial charge in [-0.25, -0.2) is 4.98 Å². The number of benzene rings is 1. The summed E-state index contributed by atoms with van der Waals surface area (Å²) in [5.41, 5.74) is 2.74. The maximum atomic E-state index is 12.4. The van der Waals surface area contributed by atoms with Crippen LogP contribution in [0.3, 0.4) is 0 Å². The van der Waals surface area contributed by atoms with Gasteiger partial charge in [0.05, 0.1) is 22.8 Å². The fourth-order valence-corrected chi connectivity index (χ4v) is 3.06. The summed E-state index contributed by atoms with van der Waals surface area (Å²) in [5, 5.41) is 3.01. The third-order valence-corrected chi connectivity index (χ3v) is 4.25. The molecule has 1 aromatic carbocycles. The maximum Gasteiger partial charge on any atom is 0.255 e. The van der Waals surface area contributed by atoms with Crippen LogP contribution in [0, 0.1) is 13.8 Å². The van der Waals surface area contributed by atoms with Gasteiger partial charge in [0.15, 0.2) is 0 Å². The summed E-state index contributed by atoms with van der Waals surface area (Å²) in [6.45, 7) is 4.50. The summed E-state index contributed by atoms with van der Waals surface area (Å²) in [7, 11) is 1.79. The van der Waals surface area contributed by atoms with E-state index in [1.54, 1.807) is 23.3 Å². The molecular weight excluding hydrogens is 324 g/mol. The van der Waals surface area contributed by atoms with Gasteiger partial charge in [-0.05, 0) is 47.5 Å². The van der Waals surface area contributed by atoms with Gasteiger partial charge in [0.25, 0.3) is 5.91 Å². The first-order valence-corrected chi connectivity index (χ1v) is 7.57. The molecule has 0 unspecified atom stereocenters. The van der Waals surface area contributed by atoms with Crippen molar-refractivity contribution in [2.75, 3.05) is 7.05 Å². The Balaban J connectivity index is 2.14. The Morgan fingerprint density at radius 3 is 2.74 bits per heavy atom. The molecule has 5 heteroatoms. The van der Waals surface area contributed by atoms with Crippen molar-refractivity contribution in [3.05, 3.63) is 49.9 Å². The number of hydrogen-bond acceptors (Lipinski definition) is 3. The highest BCUT2D eigenvalue weighted by atomic mass is 79.9. The summed E-state index contributed by atoms with van der Waals surface area (Å²) in [5.74, 6) is -0.00229. The van der Waals surface area contributed by atoms with Crippen LogP contribution in [0.25, 0.3) is 0 Å². The molecule has 0 N–H and O–H groups in total. The molecule has 0 saturated heterocycles. The van der Waals surface area contributed by atoms with E-state index in [1.807, 2.05) is 37.4 Å². The number of carbonyl (C=O) groups is 1. The molecule has 0 fully saturated rings. The average Bonchev–Trinajstić information content (AvgIpc) is 2.74. The molecule has 1 aromatic heterocycles. The number of hydrogen-bond donors (Lipinski definition) is 0. The third-order valence-electron chi connectivity index (χ3n) is 2.77. The van der Waals surface area contributed by atoms with Gasteiger partial charge in [-0.1, -0.05) is 6.07 Å². The number of nitrogens with zero attached hydrogens (tertiary/aromatic N) is 2. The van der Waals surface area contributed by atoms with Crippen molar-refractivity contribution >= 4 is 33.2 Å².